The van der Waals surface area contributed by atoms with E-state index in [2.05, 4.69) is 10.6 Å². The van der Waals surface area contributed by atoms with Crippen molar-refractivity contribution >= 4 is 16.1 Å². The highest BCUT2D eigenvalue weighted by Crippen LogP contribution is 2.18. The molecule has 0 aliphatic carbocycles. The lowest BCUT2D eigenvalue weighted by atomic mass is 9.98. The lowest BCUT2D eigenvalue weighted by molar-refractivity contribution is 0.172. The lowest BCUT2D eigenvalue weighted by Gasteiger charge is -2.30. The first-order valence-corrected chi connectivity index (χ1v) is 10.0. The van der Waals surface area contributed by atoms with Crippen LogP contribution in [0.1, 0.15) is 24.5 Å². The van der Waals surface area contributed by atoms with Crippen LogP contribution in [-0.2, 0) is 10.0 Å². The number of carbonyl (C=O) groups is 1. The van der Waals surface area contributed by atoms with Crippen molar-refractivity contribution in [1.82, 2.24) is 14.9 Å². The van der Waals surface area contributed by atoms with Gasteiger partial charge in [0.15, 0.2) is 0 Å². The third-order valence-electron chi connectivity index (χ3n) is 4.28. The molecule has 2 rings (SSSR count). The number of benzene rings is 1. The first-order chi connectivity index (χ1) is 11.8. The molecule has 1 saturated heterocycles. The summed E-state index contributed by atoms with van der Waals surface area (Å²) in [6, 6.07) is 5.17. The molecule has 1 aromatic rings. The minimum Gasteiger partial charge on any atom is -0.387 e. The fourth-order valence-electron chi connectivity index (χ4n) is 2.77. The van der Waals surface area contributed by atoms with E-state index in [0.717, 1.165) is 0 Å². The molecular formula is C16H24FN3O4S. The molecule has 0 saturated carbocycles. The van der Waals surface area contributed by atoms with Crippen molar-refractivity contribution in [2.75, 3.05) is 32.4 Å². The van der Waals surface area contributed by atoms with Crippen LogP contribution in [-0.4, -0.2) is 56.3 Å². The molecule has 0 radical (unpaired) electrons. The number of hydrogen-bond acceptors (Lipinski definition) is 4. The van der Waals surface area contributed by atoms with Crippen molar-refractivity contribution in [1.29, 1.82) is 0 Å². The fraction of sp³-hybridized carbons (Fsp3) is 0.562. The molecule has 1 fully saturated rings. The van der Waals surface area contributed by atoms with Gasteiger partial charge in [-0.3, -0.25) is 0 Å². The second kappa shape index (κ2) is 8.59. The number of nitrogens with one attached hydrogen (secondary N) is 2. The van der Waals surface area contributed by atoms with Crippen LogP contribution in [0.15, 0.2) is 24.3 Å². The highest BCUT2D eigenvalue weighted by Gasteiger charge is 2.25. The van der Waals surface area contributed by atoms with E-state index in [-0.39, 0.29) is 12.5 Å². The SMILES string of the molecule is CS(=O)(=O)N1CCC(CNC(=O)NC[C@@H](O)c2cccc(F)c2)CC1. The number of urea groups is 1. The summed E-state index contributed by atoms with van der Waals surface area (Å²) in [7, 11) is -3.15. The van der Waals surface area contributed by atoms with Gasteiger partial charge in [0.1, 0.15) is 5.82 Å². The first-order valence-electron chi connectivity index (χ1n) is 8.16. The summed E-state index contributed by atoms with van der Waals surface area (Å²) in [5.74, 6) is -0.224. The number of aliphatic hydroxyl groups is 1. The summed E-state index contributed by atoms with van der Waals surface area (Å²) in [6.07, 6.45) is 1.60. The number of aliphatic hydroxyl groups excluding tert-OH is 1. The normalized spacial score (nSPS) is 17.9. The number of rotatable bonds is 6. The van der Waals surface area contributed by atoms with E-state index >= 15 is 0 Å². The van der Waals surface area contributed by atoms with Crippen LogP contribution >= 0.6 is 0 Å². The molecule has 1 heterocycles. The van der Waals surface area contributed by atoms with Crippen LogP contribution in [0.2, 0.25) is 0 Å². The molecule has 2 amide bonds. The van der Waals surface area contributed by atoms with Crippen LogP contribution in [0.3, 0.4) is 0 Å². The molecule has 0 bridgehead atoms. The van der Waals surface area contributed by atoms with Crippen LogP contribution in [0.4, 0.5) is 9.18 Å². The summed E-state index contributed by atoms with van der Waals surface area (Å²) in [6.45, 7) is 1.34. The number of hydrogen-bond donors (Lipinski definition) is 3. The van der Waals surface area contributed by atoms with Gasteiger partial charge in [0.05, 0.1) is 12.4 Å². The van der Waals surface area contributed by atoms with E-state index in [4.69, 9.17) is 0 Å². The molecule has 0 spiro atoms. The average Bonchev–Trinajstić information content (AvgIpc) is 2.57. The van der Waals surface area contributed by atoms with Crippen molar-refractivity contribution in [3.05, 3.63) is 35.6 Å². The van der Waals surface area contributed by atoms with E-state index in [1.54, 1.807) is 6.07 Å². The third kappa shape index (κ3) is 6.26. The molecule has 3 N–H and O–H groups in total. The molecule has 1 aliphatic rings. The molecule has 0 aromatic heterocycles. The van der Waals surface area contributed by atoms with Gasteiger partial charge < -0.3 is 15.7 Å². The topological polar surface area (TPSA) is 98.7 Å². The zero-order valence-corrected chi connectivity index (χ0v) is 14.9. The molecule has 1 atom stereocenters. The van der Waals surface area contributed by atoms with Gasteiger partial charge in [0.2, 0.25) is 10.0 Å². The maximum atomic E-state index is 13.1. The Bertz CT molecular complexity index is 690. The van der Waals surface area contributed by atoms with Crippen LogP contribution in [0, 0.1) is 11.7 Å². The smallest absolute Gasteiger partial charge is 0.314 e. The Labute approximate surface area is 147 Å². The van der Waals surface area contributed by atoms with Crippen molar-refractivity contribution < 1.29 is 22.7 Å². The molecule has 0 unspecified atom stereocenters. The maximum Gasteiger partial charge on any atom is 0.314 e. The highest BCUT2D eigenvalue weighted by atomic mass is 32.2. The second-order valence-corrected chi connectivity index (χ2v) is 8.25. The van der Waals surface area contributed by atoms with Gasteiger partial charge in [0, 0.05) is 26.2 Å². The number of amides is 2. The Morgan fingerprint density at radius 2 is 2.04 bits per heavy atom. The Balaban J connectivity index is 1.68. The molecule has 9 heteroatoms. The maximum absolute atomic E-state index is 13.1. The Kier molecular flexibility index (Phi) is 6.74. The van der Waals surface area contributed by atoms with Gasteiger partial charge in [0.25, 0.3) is 0 Å². The molecule has 1 aromatic carbocycles. The van der Waals surface area contributed by atoms with Gasteiger partial charge in [-0.1, -0.05) is 12.1 Å². The van der Waals surface area contributed by atoms with Crippen LogP contribution in [0.25, 0.3) is 0 Å². The van der Waals surface area contributed by atoms with E-state index in [0.29, 0.717) is 38.0 Å². The summed E-state index contributed by atoms with van der Waals surface area (Å²) < 4.78 is 37.4. The van der Waals surface area contributed by atoms with E-state index in [1.165, 1.54) is 28.8 Å². The third-order valence-corrected chi connectivity index (χ3v) is 5.59. The first kappa shape index (κ1) is 19.6. The van der Waals surface area contributed by atoms with E-state index < -0.39 is 28.0 Å². The van der Waals surface area contributed by atoms with Gasteiger partial charge in [-0.25, -0.2) is 21.9 Å². The number of sulfonamides is 1. The van der Waals surface area contributed by atoms with Gasteiger partial charge in [-0.2, -0.15) is 0 Å². The van der Waals surface area contributed by atoms with Crippen LogP contribution < -0.4 is 10.6 Å². The largest absolute Gasteiger partial charge is 0.387 e. The van der Waals surface area contributed by atoms with E-state index in [1.807, 2.05) is 0 Å². The number of piperidine rings is 1. The molecule has 25 heavy (non-hydrogen) atoms. The van der Waals surface area contributed by atoms with Crippen LogP contribution in [0.5, 0.6) is 0 Å². The average molecular weight is 373 g/mol. The minimum absolute atomic E-state index is 0.0260. The van der Waals surface area contributed by atoms with Gasteiger partial charge >= 0.3 is 6.03 Å². The highest BCUT2D eigenvalue weighted by molar-refractivity contribution is 7.88. The Morgan fingerprint density at radius 3 is 2.64 bits per heavy atom. The van der Waals surface area contributed by atoms with E-state index in [9.17, 15) is 22.7 Å². The lowest BCUT2D eigenvalue weighted by Crippen LogP contribution is -2.43. The van der Waals surface area contributed by atoms with Gasteiger partial charge in [-0.15, -0.1) is 0 Å². The summed E-state index contributed by atoms with van der Waals surface area (Å²) in [5, 5.41) is 15.2. The van der Waals surface area contributed by atoms with Crippen molar-refractivity contribution in [2.24, 2.45) is 5.92 Å². The summed E-state index contributed by atoms with van der Waals surface area (Å²) >= 11 is 0. The standard InChI is InChI=1S/C16H24FN3O4S/c1-25(23,24)20-7-5-12(6-8-20)10-18-16(22)19-11-15(21)13-3-2-4-14(17)9-13/h2-4,9,12,15,21H,5-8,10-11H2,1H3,(H2,18,19,22)/t15-/m1/s1. The molecule has 7 nitrogen and oxygen atoms in total. The van der Waals surface area contributed by atoms with Crippen molar-refractivity contribution in [3.63, 3.8) is 0 Å². The number of carbonyl (C=O) groups excluding carboxylic acids is 1. The predicted octanol–water partition coefficient (Wildman–Crippen LogP) is 0.830. The molecular weight excluding hydrogens is 349 g/mol. The monoisotopic (exact) mass is 373 g/mol. The quantitative estimate of drug-likeness (QED) is 0.688. The zero-order chi connectivity index (χ0) is 18.4. The summed E-state index contributed by atoms with van der Waals surface area (Å²) in [5.41, 5.74) is 0.397. The fourth-order valence-corrected chi connectivity index (χ4v) is 3.64. The second-order valence-electron chi connectivity index (χ2n) is 6.27. The van der Waals surface area contributed by atoms with Gasteiger partial charge in [-0.05, 0) is 36.5 Å². The Hall–Kier alpha value is -1.71. The molecule has 140 valence electrons. The number of nitrogens with zero attached hydrogens (tertiary/aromatic N) is 1. The number of halogens is 1. The Morgan fingerprint density at radius 1 is 1.36 bits per heavy atom. The summed E-state index contributed by atoms with van der Waals surface area (Å²) in [4.78, 5) is 11.8. The van der Waals surface area contributed by atoms with Crippen molar-refractivity contribution in [3.8, 4) is 0 Å². The zero-order valence-electron chi connectivity index (χ0n) is 14.1. The molecule has 1 aliphatic heterocycles. The van der Waals surface area contributed by atoms with Crippen molar-refractivity contribution in [2.45, 2.75) is 18.9 Å². The minimum atomic E-state index is -3.15. The predicted molar refractivity (Wildman–Crippen MR) is 91.9 cm³/mol.